The smallest absolute Gasteiger partial charge is 0.341 e. The molecule has 2 rings (SSSR count). The van der Waals surface area contributed by atoms with Crippen LogP contribution in [-0.2, 0) is 11.2 Å². The fourth-order valence-electron chi connectivity index (χ4n) is 2.06. The highest BCUT2D eigenvalue weighted by atomic mass is 32.1. The molecule has 0 saturated carbocycles. The van der Waals surface area contributed by atoms with Crippen LogP contribution in [0.25, 0.3) is 0 Å². The number of ether oxygens (including phenoxy) is 1. The standard InChI is InChI=1S/C17H21NO2S/c1-4-20-17(19)15-11-14(21-16(15)18-12(2)3)10-13-8-6-5-7-9-13/h5-9,11-12,18H,4,10H2,1-3H3. The minimum absolute atomic E-state index is 0.254. The van der Waals surface area contributed by atoms with E-state index in [2.05, 4.69) is 31.3 Å². The minimum atomic E-state index is -0.254. The molecule has 0 spiro atoms. The molecule has 1 aromatic carbocycles. The van der Waals surface area contributed by atoms with Crippen LogP contribution >= 0.6 is 11.3 Å². The van der Waals surface area contributed by atoms with E-state index in [1.165, 1.54) is 5.56 Å². The first-order valence-corrected chi connectivity index (χ1v) is 8.02. The summed E-state index contributed by atoms with van der Waals surface area (Å²) in [6.07, 6.45) is 0.831. The van der Waals surface area contributed by atoms with Crippen LogP contribution < -0.4 is 5.32 Å². The van der Waals surface area contributed by atoms with Gasteiger partial charge in [0.1, 0.15) is 5.00 Å². The Kier molecular flexibility index (Phi) is 5.39. The molecule has 1 N–H and O–H groups in total. The first-order chi connectivity index (χ1) is 10.1. The molecule has 1 aromatic heterocycles. The van der Waals surface area contributed by atoms with Crippen LogP contribution in [0.4, 0.5) is 5.00 Å². The molecule has 0 unspecified atom stereocenters. The van der Waals surface area contributed by atoms with Crippen molar-refractivity contribution in [1.29, 1.82) is 0 Å². The third-order valence-corrected chi connectivity index (χ3v) is 3.99. The zero-order chi connectivity index (χ0) is 15.2. The van der Waals surface area contributed by atoms with Crippen molar-refractivity contribution in [3.05, 3.63) is 52.4 Å². The van der Waals surface area contributed by atoms with Crippen molar-refractivity contribution in [1.82, 2.24) is 0 Å². The van der Waals surface area contributed by atoms with Gasteiger partial charge in [-0.05, 0) is 32.4 Å². The molecule has 1 heterocycles. The molecule has 0 atom stereocenters. The molecule has 4 heteroatoms. The SMILES string of the molecule is CCOC(=O)c1cc(Cc2ccccc2)sc1NC(C)C. The quantitative estimate of drug-likeness (QED) is 0.807. The highest BCUT2D eigenvalue weighted by Crippen LogP contribution is 2.31. The van der Waals surface area contributed by atoms with E-state index >= 15 is 0 Å². The van der Waals surface area contributed by atoms with Crippen molar-refractivity contribution in [3.8, 4) is 0 Å². The molecule has 0 aliphatic heterocycles. The Morgan fingerprint density at radius 1 is 1.29 bits per heavy atom. The Morgan fingerprint density at radius 3 is 2.62 bits per heavy atom. The number of rotatable bonds is 6. The summed E-state index contributed by atoms with van der Waals surface area (Å²) in [5.41, 5.74) is 1.88. The van der Waals surface area contributed by atoms with Crippen LogP contribution in [0, 0.1) is 0 Å². The second kappa shape index (κ2) is 7.27. The van der Waals surface area contributed by atoms with Gasteiger partial charge in [0, 0.05) is 17.3 Å². The van der Waals surface area contributed by atoms with Gasteiger partial charge < -0.3 is 10.1 Å². The molecule has 0 amide bonds. The Labute approximate surface area is 130 Å². The summed E-state index contributed by atoms with van der Waals surface area (Å²) in [7, 11) is 0. The van der Waals surface area contributed by atoms with E-state index in [4.69, 9.17) is 4.74 Å². The van der Waals surface area contributed by atoms with Gasteiger partial charge in [-0.2, -0.15) is 0 Å². The average molecular weight is 303 g/mol. The zero-order valence-electron chi connectivity index (χ0n) is 12.7. The van der Waals surface area contributed by atoms with Crippen LogP contribution in [-0.4, -0.2) is 18.6 Å². The summed E-state index contributed by atoms with van der Waals surface area (Å²) in [6.45, 7) is 6.34. The molecule has 2 aromatic rings. The van der Waals surface area contributed by atoms with E-state index in [0.29, 0.717) is 12.2 Å². The number of hydrogen-bond acceptors (Lipinski definition) is 4. The fraction of sp³-hybridized carbons (Fsp3) is 0.353. The van der Waals surface area contributed by atoms with Crippen LogP contribution in [0.3, 0.4) is 0 Å². The lowest BCUT2D eigenvalue weighted by Crippen LogP contribution is -2.12. The molecule has 0 aliphatic rings. The molecule has 0 saturated heterocycles. The van der Waals surface area contributed by atoms with Crippen molar-refractivity contribution in [2.45, 2.75) is 33.2 Å². The maximum Gasteiger partial charge on any atom is 0.341 e. The van der Waals surface area contributed by atoms with Crippen molar-refractivity contribution in [3.63, 3.8) is 0 Å². The number of carbonyl (C=O) groups is 1. The molecule has 21 heavy (non-hydrogen) atoms. The van der Waals surface area contributed by atoms with E-state index in [1.54, 1.807) is 11.3 Å². The van der Waals surface area contributed by atoms with E-state index < -0.39 is 0 Å². The van der Waals surface area contributed by atoms with Gasteiger partial charge in [0.15, 0.2) is 0 Å². The third-order valence-electron chi connectivity index (χ3n) is 2.92. The van der Waals surface area contributed by atoms with E-state index in [1.807, 2.05) is 31.2 Å². The predicted molar refractivity (Wildman–Crippen MR) is 88.3 cm³/mol. The van der Waals surface area contributed by atoms with Crippen molar-refractivity contribution in [2.24, 2.45) is 0 Å². The summed E-state index contributed by atoms with van der Waals surface area (Å²) in [4.78, 5) is 13.2. The molecular weight excluding hydrogens is 282 g/mol. The molecule has 0 radical (unpaired) electrons. The first kappa shape index (κ1) is 15.6. The Balaban J connectivity index is 2.24. The number of benzene rings is 1. The lowest BCUT2D eigenvalue weighted by Gasteiger charge is -2.09. The molecule has 0 bridgehead atoms. The normalized spacial score (nSPS) is 10.7. The van der Waals surface area contributed by atoms with Crippen LogP contribution in [0.2, 0.25) is 0 Å². The van der Waals surface area contributed by atoms with Crippen LogP contribution in [0.1, 0.15) is 41.6 Å². The number of nitrogens with one attached hydrogen (secondary N) is 1. The summed E-state index contributed by atoms with van der Waals surface area (Å²) < 4.78 is 5.14. The van der Waals surface area contributed by atoms with E-state index in [-0.39, 0.29) is 12.0 Å². The highest BCUT2D eigenvalue weighted by Gasteiger charge is 2.17. The number of esters is 1. The zero-order valence-corrected chi connectivity index (χ0v) is 13.5. The number of hydrogen-bond donors (Lipinski definition) is 1. The monoisotopic (exact) mass is 303 g/mol. The lowest BCUT2D eigenvalue weighted by molar-refractivity contribution is 0.0528. The number of anilines is 1. The largest absolute Gasteiger partial charge is 0.462 e. The Bertz CT molecular complexity index is 590. The fourth-order valence-corrected chi connectivity index (χ4v) is 3.28. The maximum absolute atomic E-state index is 12.1. The molecule has 0 fully saturated rings. The van der Waals surface area contributed by atoms with Crippen molar-refractivity contribution >= 4 is 22.3 Å². The second-order valence-electron chi connectivity index (χ2n) is 5.14. The Hall–Kier alpha value is -1.81. The van der Waals surface area contributed by atoms with Gasteiger partial charge in [-0.3, -0.25) is 0 Å². The molecule has 0 aliphatic carbocycles. The third kappa shape index (κ3) is 4.33. The van der Waals surface area contributed by atoms with Gasteiger partial charge in [-0.25, -0.2) is 4.79 Å². The average Bonchev–Trinajstić information content (AvgIpc) is 2.82. The number of thiophene rings is 1. The summed E-state index contributed by atoms with van der Waals surface area (Å²) in [6, 6.07) is 12.5. The number of carbonyl (C=O) groups excluding carboxylic acids is 1. The van der Waals surface area contributed by atoms with Crippen molar-refractivity contribution < 1.29 is 9.53 Å². The highest BCUT2D eigenvalue weighted by molar-refractivity contribution is 7.16. The van der Waals surface area contributed by atoms with Gasteiger partial charge >= 0.3 is 5.97 Å². The predicted octanol–water partition coefficient (Wildman–Crippen LogP) is 4.34. The van der Waals surface area contributed by atoms with Gasteiger partial charge in [-0.1, -0.05) is 30.3 Å². The van der Waals surface area contributed by atoms with Crippen molar-refractivity contribution in [2.75, 3.05) is 11.9 Å². The van der Waals surface area contributed by atoms with Crippen LogP contribution in [0.5, 0.6) is 0 Å². The van der Waals surface area contributed by atoms with E-state index in [9.17, 15) is 4.79 Å². The van der Waals surface area contributed by atoms with Gasteiger partial charge in [0.25, 0.3) is 0 Å². The van der Waals surface area contributed by atoms with Crippen LogP contribution in [0.15, 0.2) is 36.4 Å². The minimum Gasteiger partial charge on any atom is -0.462 e. The topological polar surface area (TPSA) is 38.3 Å². The van der Waals surface area contributed by atoms with E-state index in [0.717, 1.165) is 16.3 Å². The van der Waals surface area contributed by atoms with Gasteiger partial charge in [0.2, 0.25) is 0 Å². The lowest BCUT2D eigenvalue weighted by atomic mass is 10.1. The molecule has 3 nitrogen and oxygen atoms in total. The first-order valence-electron chi connectivity index (χ1n) is 7.20. The summed E-state index contributed by atoms with van der Waals surface area (Å²) in [5, 5.41) is 4.23. The molecule has 112 valence electrons. The Morgan fingerprint density at radius 2 is 2.00 bits per heavy atom. The second-order valence-corrected chi connectivity index (χ2v) is 6.27. The maximum atomic E-state index is 12.1. The summed E-state index contributed by atoms with van der Waals surface area (Å²) >= 11 is 1.62. The summed E-state index contributed by atoms with van der Waals surface area (Å²) in [5.74, 6) is -0.254. The van der Waals surface area contributed by atoms with Gasteiger partial charge in [0.05, 0.1) is 12.2 Å². The molecular formula is C17H21NO2S. The van der Waals surface area contributed by atoms with Gasteiger partial charge in [-0.15, -0.1) is 11.3 Å².